The fourth-order valence-corrected chi connectivity index (χ4v) is 5.05. The van der Waals surface area contributed by atoms with Gasteiger partial charge in [-0.25, -0.2) is 0 Å². The van der Waals surface area contributed by atoms with Crippen molar-refractivity contribution in [3.63, 3.8) is 0 Å². The number of nitrogens with zero attached hydrogens (tertiary/aromatic N) is 3. The predicted octanol–water partition coefficient (Wildman–Crippen LogP) is 9.65. The molecule has 0 N–H and O–H groups in total. The summed E-state index contributed by atoms with van der Waals surface area (Å²) < 4.78 is 0. The van der Waals surface area contributed by atoms with E-state index in [2.05, 4.69) is 108 Å². The van der Waals surface area contributed by atoms with Crippen LogP contribution in [-0.2, 0) is 0 Å². The third-order valence-corrected chi connectivity index (χ3v) is 7.16. The Balaban J connectivity index is 1.31. The highest BCUT2D eigenvalue weighted by atomic mass is 16.6. The molecule has 0 spiro atoms. The molecule has 0 aliphatic rings. The first-order chi connectivity index (χ1) is 19.6. The van der Waals surface area contributed by atoms with Crippen LogP contribution < -0.4 is 9.80 Å². The molecule has 0 radical (unpaired) electrons. The molecule has 6 rings (SSSR count). The second-order valence-corrected chi connectivity index (χ2v) is 9.60. The number of benzene rings is 6. The van der Waals surface area contributed by atoms with Crippen LogP contribution in [0.3, 0.4) is 0 Å². The molecule has 194 valence electrons. The standard InChI is InChI=1S/C35H27N3O2/c1-36(32-13-8-14-33(25-32)38(39)40)29-21-17-26(18-22-29)27-19-23-31(24-20-27)37(30-11-3-2-4-12-30)35-16-7-10-28-9-5-6-15-34(28)35/h2-25H,1H3. The fraction of sp³-hybridized carbons (Fsp3) is 0.0286. The van der Waals surface area contributed by atoms with Gasteiger partial charge in [-0.15, -0.1) is 0 Å². The SMILES string of the molecule is CN(c1ccc(-c2ccc(N(c3ccccc3)c3cccc4ccccc34)cc2)cc1)c1cccc([N+](=O)[O-])c1. The lowest BCUT2D eigenvalue weighted by Crippen LogP contribution is -2.10. The molecule has 0 saturated carbocycles. The summed E-state index contributed by atoms with van der Waals surface area (Å²) in [5.74, 6) is 0. The minimum absolute atomic E-state index is 0.0779. The quantitative estimate of drug-likeness (QED) is 0.155. The van der Waals surface area contributed by atoms with Crippen LogP contribution in [0.5, 0.6) is 0 Å². The Labute approximate surface area is 233 Å². The van der Waals surface area contributed by atoms with Crippen molar-refractivity contribution in [2.75, 3.05) is 16.8 Å². The largest absolute Gasteiger partial charge is 0.344 e. The third kappa shape index (κ3) is 4.88. The Morgan fingerprint density at radius 3 is 1.80 bits per heavy atom. The molecular formula is C35H27N3O2. The second kappa shape index (κ2) is 10.8. The number of rotatable bonds is 7. The van der Waals surface area contributed by atoms with Crippen molar-refractivity contribution in [2.24, 2.45) is 0 Å². The number of nitro groups is 1. The summed E-state index contributed by atoms with van der Waals surface area (Å²) >= 11 is 0. The van der Waals surface area contributed by atoms with Gasteiger partial charge in [0.25, 0.3) is 5.69 Å². The molecular weight excluding hydrogens is 494 g/mol. The van der Waals surface area contributed by atoms with Gasteiger partial charge in [-0.2, -0.15) is 0 Å². The Hall–Kier alpha value is -5.42. The molecule has 5 nitrogen and oxygen atoms in total. The molecule has 40 heavy (non-hydrogen) atoms. The molecule has 0 heterocycles. The van der Waals surface area contributed by atoms with E-state index >= 15 is 0 Å². The molecule has 6 aromatic rings. The van der Waals surface area contributed by atoms with Crippen LogP contribution in [0.25, 0.3) is 21.9 Å². The maximum atomic E-state index is 11.2. The van der Waals surface area contributed by atoms with E-state index in [1.54, 1.807) is 12.1 Å². The van der Waals surface area contributed by atoms with E-state index in [4.69, 9.17) is 0 Å². The van der Waals surface area contributed by atoms with Crippen LogP contribution >= 0.6 is 0 Å². The number of hydrogen-bond donors (Lipinski definition) is 0. The van der Waals surface area contributed by atoms with Gasteiger partial charge in [-0.05, 0) is 65.0 Å². The molecule has 5 heteroatoms. The van der Waals surface area contributed by atoms with E-state index in [-0.39, 0.29) is 10.6 Å². The van der Waals surface area contributed by atoms with Gasteiger partial charge in [0, 0.05) is 47.3 Å². The Bertz CT molecular complexity index is 1780. The minimum Gasteiger partial charge on any atom is -0.344 e. The van der Waals surface area contributed by atoms with Gasteiger partial charge in [-0.1, -0.05) is 84.9 Å². The molecule has 0 fully saturated rings. The first kappa shape index (κ1) is 24.9. The number of fused-ring (bicyclic) bond motifs is 1. The van der Waals surface area contributed by atoms with Gasteiger partial charge in [-0.3, -0.25) is 10.1 Å². The molecule has 0 aliphatic heterocycles. The van der Waals surface area contributed by atoms with Gasteiger partial charge in [0.05, 0.1) is 10.6 Å². The van der Waals surface area contributed by atoms with E-state index in [1.807, 2.05) is 36.2 Å². The van der Waals surface area contributed by atoms with E-state index in [1.165, 1.54) is 16.8 Å². The van der Waals surface area contributed by atoms with Crippen molar-refractivity contribution in [3.05, 3.63) is 156 Å². The van der Waals surface area contributed by atoms with Crippen LogP contribution in [0.1, 0.15) is 0 Å². The lowest BCUT2D eigenvalue weighted by Gasteiger charge is -2.27. The number of non-ortho nitro benzene ring substituents is 1. The van der Waals surface area contributed by atoms with E-state index in [9.17, 15) is 10.1 Å². The monoisotopic (exact) mass is 521 g/mol. The molecule has 0 atom stereocenters. The predicted molar refractivity (Wildman–Crippen MR) is 165 cm³/mol. The van der Waals surface area contributed by atoms with Gasteiger partial charge >= 0.3 is 0 Å². The van der Waals surface area contributed by atoms with E-state index in [0.29, 0.717) is 0 Å². The highest BCUT2D eigenvalue weighted by Gasteiger charge is 2.15. The van der Waals surface area contributed by atoms with Gasteiger partial charge in [0.2, 0.25) is 0 Å². The third-order valence-electron chi connectivity index (χ3n) is 7.16. The zero-order chi connectivity index (χ0) is 27.5. The van der Waals surface area contributed by atoms with Crippen LogP contribution in [0.2, 0.25) is 0 Å². The summed E-state index contributed by atoms with van der Waals surface area (Å²) in [7, 11) is 1.91. The molecule has 0 aromatic heterocycles. The summed E-state index contributed by atoms with van der Waals surface area (Å²) in [6.45, 7) is 0. The van der Waals surface area contributed by atoms with Gasteiger partial charge < -0.3 is 9.80 Å². The normalized spacial score (nSPS) is 10.8. The summed E-state index contributed by atoms with van der Waals surface area (Å²) in [4.78, 5) is 15.1. The van der Waals surface area contributed by atoms with Crippen LogP contribution in [-0.4, -0.2) is 12.0 Å². The minimum atomic E-state index is -0.372. The smallest absolute Gasteiger partial charge is 0.271 e. The van der Waals surface area contributed by atoms with Crippen molar-refractivity contribution >= 4 is 44.9 Å². The summed E-state index contributed by atoms with van der Waals surface area (Å²) in [6, 6.07) is 48.8. The average Bonchev–Trinajstić information content (AvgIpc) is 3.02. The van der Waals surface area contributed by atoms with Crippen molar-refractivity contribution in [2.45, 2.75) is 0 Å². The van der Waals surface area contributed by atoms with Crippen molar-refractivity contribution in [1.29, 1.82) is 0 Å². The molecule has 6 aromatic carbocycles. The lowest BCUT2D eigenvalue weighted by atomic mass is 10.0. The maximum Gasteiger partial charge on any atom is 0.271 e. The van der Waals surface area contributed by atoms with Crippen molar-refractivity contribution < 1.29 is 4.92 Å². The first-order valence-electron chi connectivity index (χ1n) is 13.1. The topological polar surface area (TPSA) is 49.6 Å². The summed E-state index contributed by atoms with van der Waals surface area (Å²) in [6.07, 6.45) is 0. The zero-order valence-corrected chi connectivity index (χ0v) is 22.0. The Kier molecular flexibility index (Phi) is 6.69. The molecule has 0 aliphatic carbocycles. The van der Waals surface area contributed by atoms with E-state index < -0.39 is 0 Å². The number of para-hydroxylation sites is 1. The molecule has 0 unspecified atom stereocenters. The van der Waals surface area contributed by atoms with Crippen LogP contribution in [0.15, 0.2) is 146 Å². The van der Waals surface area contributed by atoms with Crippen LogP contribution in [0, 0.1) is 10.1 Å². The molecule has 0 saturated heterocycles. The van der Waals surface area contributed by atoms with Crippen molar-refractivity contribution in [1.82, 2.24) is 0 Å². The van der Waals surface area contributed by atoms with E-state index in [0.717, 1.165) is 39.6 Å². The lowest BCUT2D eigenvalue weighted by molar-refractivity contribution is -0.384. The highest BCUT2D eigenvalue weighted by Crippen LogP contribution is 2.39. The molecule has 0 amide bonds. The van der Waals surface area contributed by atoms with Crippen LogP contribution in [0.4, 0.5) is 34.1 Å². The van der Waals surface area contributed by atoms with Gasteiger partial charge in [0.1, 0.15) is 0 Å². The average molecular weight is 522 g/mol. The van der Waals surface area contributed by atoms with Crippen molar-refractivity contribution in [3.8, 4) is 11.1 Å². The number of anilines is 5. The number of hydrogen-bond acceptors (Lipinski definition) is 4. The Morgan fingerprint density at radius 1 is 0.550 bits per heavy atom. The zero-order valence-electron chi connectivity index (χ0n) is 22.0. The molecule has 0 bridgehead atoms. The Morgan fingerprint density at radius 2 is 1.10 bits per heavy atom. The summed E-state index contributed by atoms with van der Waals surface area (Å²) in [5, 5.41) is 13.6. The second-order valence-electron chi connectivity index (χ2n) is 9.60. The fourth-order valence-electron chi connectivity index (χ4n) is 5.05. The highest BCUT2D eigenvalue weighted by molar-refractivity contribution is 5.99. The van der Waals surface area contributed by atoms with Gasteiger partial charge in [0.15, 0.2) is 0 Å². The summed E-state index contributed by atoms with van der Waals surface area (Å²) in [5.41, 5.74) is 7.30. The first-order valence-corrected chi connectivity index (χ1v) is 13.1. The maximum absolute atomic E-state index is 11.2. The number of nitro benzene ring substituents is 1.